The van der Waals surface area contributed by atoms with Crippen molar-refractivity contribution < 1.29 is 4.79 Å². The van der Waals surface area contributed by atoms with E-state index in [4.69, 9.17) is 5.73 Å². The van der Waals surface area contributed by atoms with Crippen LogP contribution in [0.5, 0.6) is 0 Å². The first-order chi connectivity index (χ1) is 7.89. The van der Waals surface area contributed by atoms with Crippen molar-refractivity contribution in [1.29, 1.82) is 0 Å². The highest BCUT2D eigenvalue weighted by molar-refractivity contribution is 5.79. The van der Waals surface area contributed by atoms with Gasteiger partial charge in [0.25, 0.3) is 0 Å². The highest BCUT2D eigenvalue weighted by Gasteiger charge is 2.33. The standard InChI is InChI=1S/C14H28N2O/c1-5-12-7-6-8-16(12)13(17)11(10-15)9-14(2,3)4/h11-12H,5-10,15H2,1-4H3. The summed E-state index contributed by atoms with van der Waals surface area (Å²) in [5.41, 5.74) is 5.96. The van der Waals surface area contributed by atoms with Gasteiger partial charge in [0.15, 0.2) is 0 Å². The van der Waals surface area contributed by atoms with Gasteiger partial charge in [0.2, 0.25) is 5.91 Å². The highest BCUT2D eigenvalue weighted by atomic mass is 16.2. The molecule has 0 aromatic heterocycles. The Balaban J connectivity index is 2.65. The lowest BCUT2D eigenvalue weighted by atomic mass is 9.84. The molecular weight excluding hydrogens is 212 g/mol. The molecule has 2 atom stereocenters. The minimum atomic E-state index is 0.00199. The van der Waals surface area contributed by atoms with Crippen molar-refractivity contribution in [3.05, 3.63) is 0 Å². The molecule has 2 N–H and O–H groups in total. The van der Waals surface area contributed by atoms with Crippen molar-refractivity contribution >= 4 is 5.91 Å². The molecule has 1 saturated heterocycles. The van der Waals surface area contributed by atoms with E-state index in [1.54, 1.807) is 0 Å². The molecule has 0 radical (unpaired) electrons. The van der Waals surface area contributed by atoms with Crippen LogP contribution in [0.15, 0.2) is 0 Å². The van der Waals surface area contributed by atoms with Gasteiger partial charge in [0.1, 0.15) is 0 Å². The second kappa shape index (κ2) is 5.85. The van der Waals surface area contributed by atoms with Crippen molar-refractivity contribution in [3.63, 3.8) is 0 Å². The first-order valence-electron chi connectivity index (χ1n) is 6.89. The van der Waals surface area contributed by atoms with Gasteiger partial charge >= 0.3 is 0 Å². The first-order valence-corrected chi connectivity index (χ1v) is 6.89. The van der Waals surface area contributed by atoms with Crippen LogP contribution in [0.2, 0.25) is 0 Å². The van der Waals surface area contributed by atoms with Gasteiger partial charge in [-0.3, -0.25) is 4.79 Å². The Bertz CT molecular complexity index is 257. The number of nitrogens with zero attached hydrogens (tertiary/aromatic N) is 1. The third-order valence-electron chi connectivity index (χ3n) is 3.62. The molecule has 0 aliphatic carbocycles. The molecule has 3 heteroatoms. The molecular formula is C14H28N2O. The number of carbonyl (C=O) groups excluding carboxylic acids is 1. The molecule has 1 aliphatic heterocycles. The first kappa shape index (κ1) is 14.5. The van der Waals surface area contributed by atoms with Crippen LogP contribution in [0.1, 0.15) is 53.4 Å². The maximum atomic E-state index is 12.5. The molecule has 17 heavy (non-hydrogen) atoms. The Labute approximate surface area is 106 Å². The lowest BCUT2D eigenvalue weighted by molar-refractivity contribution is -0.137. The third-order valence-corrected chi connectivity index (χ3v) is 3.62. The number of hydrogen-bond acceptors (Lipinski definition) is 2. The number of rotatable bonds is 4. The smallest absolute Gasteiger partial charge is 0.227 e. The van der Waals surface area contributed by atoms with Gasteiger partial charge in [-0.2, -0.15) is 0 Å². The van der Waals surface area contributed by atoms with Gasteiger partial charge in [-0.25, -0.2) is 0 Å². The average Bonchev–Trinajstić information content (AvgIpc) is 2.71. The maximum Gasteiger partial charge on any atom is 0.227 e. The molecule has 100 valence electrons. The second-order valence-electron chi connectivity index (χ2n) is 6.43. The molecule has 1 fully saturated rings. The van der Waals surface area contributed by atoms with E-state index in [0.717, 1.165) is 32.2 Å². The Morgan fingerprint density at radius 2 is 2.12 bits per heavy atom. The van der Waals surface area contributed by atoms with Crippen molar-refractivity contribution in [1.82, 2.24) is 4.90 Å². The zero-order valence-corrected chi connectivity index (χ0v) is 11.8. The molecule has 1 heterocycles. The summed E-state index contributed by atoms with van der Waals surface area (Å²) in [6.45, 7) is 10.1. The van der Waals surface area contributed by atoms with Crippen LogP contribution in [-0.2, 0) is 4.79 Å². The summed E-state index contributed by atoms with van der Waals surface area (Å²) in [4.78, 5) is 14.5. The van der Waals surface area contributed by atoms with Crippen molar-refractivity contribution in [2.75, 3.05) is 13.1 Å². The fraction of sp³-hybridized carbons (Fsp3) is 0.929. The number of amides is 1. The summed E-state index contributed by atoms with van der Waals surface area (Å²) < 4.78 is 0. The Hall–Kier alpha value is -0.570. The predicted molar refractivity (Wildman–Crippen MR) is 71.6 cm³/mol. The van der Waals surface area contributed by atoms with Gasteiger partial charge in [-0.05, 0) is 31.1 Å². The van der Waals surface area contributed by atoms with Crippen LogP contribution in [0, 0.1) is 11.3 Å². The van der Waals surface area contributed by atoms with E-state index in [9.17, 15) is 4.79 Å². The van der Waals surface area contributed by atoms with E-state index in [0.29, 0.717) is 12.6 Å². The minimum absolute atomic E-state index is 0.00199. The van der Waals surface area contributed by atoms with Crippen LogP contribution >= 0.6 is 0 Å². The molecule has 3 nitrogen and oxygen atoms in total. The van der Waals surface area contributed by atoms with Crippen LogP contribution < -0.4 is 5.73 Å². The van der Waals surface area contributed by atoms with E-state index in [2.05, 4.69) is 32.6 Å². The van der Waals surface area contributed by atoms with E-state index in [-0.39, 0.29) is 17.2 Å². The Morgan fingerprint density at radius 3 is 2.59 bits per heavy atom. The largest absolute Gasteiger partial charge is 0.339 e. The summed E-state index contributed by atoms with van der Waals surface area (Å²) >= 11 is 0. The van der Waals surface area contributed by atoms with Crippen LogP contribution in [0.25, 0.3) is 0 Å². The van der Waals surface area contributed by atoms with Gasteiger partial charge in [0, 0.05) is 19.1 Å². The normalized spacial score (nSPS) is 22.9. The average molecular weight is 240 g/mol. The summed E-state index contributed by atoms with van der Waals surface area (Å²) in [6.07, 6.45) is 4.26. The van der Waals surface area contributed by atoms with E-state index in [1.165, 1.54) is 0 Å². The SMILES string of the molecule is CCC1CCCN1C(=O)C(CN)CC(C)(C)C. The fourth-order valence-corrected chi connectivity index (χ4v) is 2.80. The summed E-state index contributed by atoms with van der Waals surface area (Å²) in [5, 5.41) is 0. The molecule has 0 aromatic rings. The molecule has 0 bridgehead atoms. The zero-order chi connectivity index (χ0) is 13.1. The molecule has 0 aromatic carbocycles. The lowest BCUT2D eigenvalue weighted by Crippen LogP contribution is -2.42. The number of carbonyl (C=O) groups is 1. The van der Waals surface area contributed by atoms with Crippen LogP contribution in [0.4, 0.5) is 0 Å². The number of hydrogen-bond donors (Lipinski definition) is 1. The maximum absolute atomic E-state index is 12.5. The molecule has 1 amide bonds. The Kier molecular flexibility index (Phi) is 4.99. The molecule has 1 aliphatic rings. The lowest BCUT2D eigenvalue weighted by Gasteiger charge is -2.31. The summed E-state index contributed by atoms with van der Waals surface area (Å²) in [6, 6.07) is 0.455. The quantitative estimate of drug-likeness (QED) is 0.820. The van der Waals surface area contributed by atoms with E-state index in [1.807, 2.05) is 0 Å². The van der Waals surface area contributed by atoms with Gasteiger partial charge < -0.3 is 10.6 Å². The van der Waals surface area contributed by atoms with E-state index < -0.39 is 0 Å². The summed E-state index contributed by atoms with van der Waals surface area (Å²) in [7, 11) is 0. The van der Waals surface area contributed by atoms with E-state index >= 15 is 0 Å². The molecule has 0 saturated carbocycles. The minimum Gasteiger partial charge on any atom is -0.339 e. The monoisotopic (exact) mass is 240 g/mol. The number of nitrogens with two attached hydrogens (primary N) is 1. The van der Waals surface area contributed by atoms with Crippen molar-refractivity contribution in [2.24, 2.45) is 17.1 Å². The Morgan fingerprint density at radius 1 is 1.47 bits per heavy atom. The zero-order valence-electron chi connectivity index (χ0n) is 11.8. The van der Waals surface area contributed by atoms with Crippen molar-refractivity contribution in [3.8, 4) is 0 Å². The topological polar surface area (TPSA) is 46.3 Å². The highest BCUT2D eigenvalue weighted by Crippen LogP contribution is 2.28. The molecule has 2 unspecified atom stereocenters. The predicted octanol–water partition coefficient (Wildman–Crippen LogP) is 2.40. The molecule has 1 rings (SSSR count). The number of likely N-dealkylation sites (tertiary alicyclic amines) is 1. The van der Waals surface area contributed by atoms with Gasteiger partial charge in [-0.1, -0.05) is 27.7 Å². The van der Waals surface area contributed by atoms with Gasteiger partial charge in [-0.15, -0.1) is 0 Å². The third kappa shape index (κ3) is 3.98. The summed E-state index contributed by atoms with van der Waals surface area (Å²) in [5.74, 6) is 0.286. The van der Waals surface area contributed by atoms with Crippen LogP contribution in [-0.4, -0.2) is 29.9 Å². The van der Waals surface area contributed by atoms with Crippen LogP contribution in [0.3, 0.4) is 0 Å². The van der Waals surface area contributed by atoms with Gasteiger partial charge in [0.05, 0.1) is 5.92 Å². The fourth-order valence-electron chi connectivity index (χ4n) is 2.80. The van der Waals surface area contributed by atoms with Crippen molar-refractivity contribution in [2.45, 2.75) is 59.4 Å². The molecule has 0 spiro atoms. The second-order valence-corrected chi connectivity index (χ2v) is 6.43.